The minimum Gasteiger partial charge on any atom is -0.325 e. The molecule has 0 saturated heterocycles. The van der Waals surface area contributed by atoms with Crippen LogP contribution in [0.3, 0.4) is 0 Å². The van der Waals surface area contributed by atoms with Gasteiger partial charge in [0.2, 0.25) is 0 Å². The van der Waals surface area contributed by atoms with Gasteiger partial charge < -0.3 is 4.98 Å². The van der Waals surface area contributed by atoms with Crippen LogP contribution in [-0.2, 0) is 20.9 Å². The number of fused-ring (bicyclic) bond motifs is 1. The van der Waals surface area contributed by atoms with E-state index >= 15 is 0 Å². The molecular formula is C8H9N3O3S. The highest BCUT2D eigenvalue weighted by Gasteiger charge is 2.06. The summed E-state index contributed by atoms with van der Waals surface area (Å²) in [6.07, 6.45) is 2.62. The van der Waals surface area contributed by atoms with Gasteiger partial charge >= 0.3 is 0 Å². The Hall–Kier alpha value is -1.47. The molecule has 0 saturated carbocycles. The molecule has 7 heteroatoms. The van der Waals surface area contributed by atoms with Crippen molar-refractivity contribution in [2.45, 2.75) is 6.61 Å². The fourth-order valence-corrected chi connectivity index (χ4v) is 1.45. The third-order valence-electron chi connectivity index (χ3n) is 1.71. The minimum absolute atomic E-state index is 0.102. The van der Waals surface area contributed by atoms with Gasteiger partial charge in [-0.2, -0.15) is 8.42 Å². The van der Waals surface area contributed by atoms with E-state index < -0.39 is 10.1 Å². The zero-order chi connectivity index (χ0) is 10.9. The number of nitrogens with one attached hydrogen (secondary N) is 1. The highest BCUT2D eigenvalue weighted by atomic mass is 32.2. The van der Waals surface area contributed by atoms with Gasteiger partial charge in [-0.3, -0.25) is 4.18 Å². The number of nitrogens with zero attached hydrogens (tertiary/aromatic N) is 2. The molecule has 0 aliphatic heterocycles. The summed E-state index contributed by atoms with van der Waals surface area (Å²) in [4.78, 5) is 11.0. The van der Waals surface area contributed by atoms with Crippen LogP contribution in [0.25, 0.3) is 11.2 Å². The predicted molar refractivity (Wildman–Crippen MR) is 53.5 cm³/mol. The van der Waals surface area contributed by atoms with Crippen LogP contribution in [-0.4, -0.2) is 29.6 Å². The van der Waals surface area contributed by atoms with Crippen molar-refractivity contribution in [2.75, 3.05) is 6.26 Å². The van der Waals surface area contributed by atoms with Gasteiger partial charge in [0, 0.05) is 6.20 Å². The molecule has 0 atom stereocenters. The average molecular weight is 227 g/mol. The number of H-pyrrole nitrogens is 1. The largest absolute Gasteiger partial charge is 0.325 e. The molecule has 2 aromatic rings. The number of aromatic amines is 1. The molecule has 0 unspecified atom stereocenters. The summed E-state index contributed by atoms with van der Waals surface area (Å²) in [5.41, 5.74) is 1.30. The summed E-state index contributed by atoms with van der Waals surface area (Å²) in [6.45, 7) is -0.102. The van der Waals surface area contributed by atoms with Gasteiger partial charge in [-0.05, 0) is 12.1 Å². The summed E-state index contributed by atoms with van der Waals surface area (Å²) in [6, 6.07) is 3.53. The monoisotopic (exact) mass is 227 g/mol. The smallest absolute Gasteiger partial charge is 0.264 e. The maximum Gasteiger partial charge on any atom is 0.264 e. The zero-order valence-corrected chi connectivity index (χ0v) is 8.78. The van der Waals surface area contributed by atoms with Crippen molar-refractivity contribution in [2.24, 2.45) is 0 Å². The van der Waals surface area contributed by atoms with E-state index in [1.807, 2.05) is 0 Å². The molecule has 2 heterocycles. The van der Waals surface area contributed by atoms with Gasteiger partial charge in [0.05, 0.1) is 6.26 Å². The van der Waals surface area contributed by atoms with Gasteiger partial charge in [0.1, 0.15) is 17.9 Å². The summed E-state index contributed by atoms with van der Waals surface area (Å²) in [7, 11) is -3.44. The van der Waals surface area contributed by atoms with Crippen LogP contribution < -0.4 is 0 Å². The number of rotatable bonds is 3. The Balaban J connectivity index is 2.23. The number of hydrogen-bond donors (Lipinski definition) is 1. The number of hydrogen-bond acceptors (Lipinski definition) is 5. The average Bonchev–Trinajstić information content (AvgIpc) is 2.56. The molecule has 0 bridgehead atoms. The van der Waals surface area contributed by atoms with Gasteiger partial charge in [-0.15, -0.1) is 0 Å². The third-order valence-corrected chi connectivity index (χ3v) is 2.26. The van der Waals surface area contributed by atoms with Crippen LogP contribution in [0, 0.1) is 0 Å². The molecule has 1 N–H and O–H groups in total. The van der Waals surface area contributed by atoms with Crippen molar-refractivity contribution in [1.29, 1.82) is 0 Å². The Kier molecular flexibility index (Phi) is 2.41. The van der Waals surface area contributed by atoms with E-state index in [1.54, 1.807) is 18.3 Å². The highest BCUT2D eigenvalue weighted by Crippen LogP contribution is 2.08. The highest BCUT2D eigenvalue weighted by molar-refractivity contribution is 7.85. The molecule has 0 radical (unpaired) electrons. The normalized spacial score (nSPS) is 12.1. The van der Waals surface area contributed by atoms with Crippen LogP contribution in [0.1, 0.15) is 5.82 Å². The lowest BCUT2D eigenvalue weighted by Gasteiger charge is -1.95. The molecule has 0 spiro atoms. The van der Waals surface area contributed by atoms with E-state index in [4.69, 9.17) is 0 Å². The lowest BCUT2D eigenvalue weighted by Crippen LogP contribution is -2.03. The maximum absolute atomic E-state index is 10.7. The Labute approximate surface area is 86.4 Å². The second-order valence-corrected chi connectivity index (χ2v) is 4.66. The van der Waals surface area contributed by atoms with Crippen LogP contribution >= 0.6 is 0 Å². The van der Waals surface area contributed by atoms with E-state index in [0.717, 1.165) is 6.26 Å². The van der Waals surface area contributed by atoms with E-state index in [1.165, 1.54) is 0 Å². The molecule has 2 aromatic heterocycles. The molecular weight excluding hydrogens is 218 g/mol. The first-order valence-electron chi connectivity index (χ1n) is 4.18. The predicted octanol–water partition coefficient (Wildman–Crippen LogP) is 0.434. The first-order valence-corrected chi connectivity index (χ1v) is 6.00. The van der Waals surface area contributed by atoms with Crippen LogP contribution in [0.5, 0.6) is 0 Å². The lowest BCUT2D eigenvalue weighted by atomic mass is 10.4. The third kappa shape index (κ3) is 2.51. The lowest BCUT2D eigenvalue weighted by molar-refractivity contribution is 0.303. The molecule has 0 aliphatic rings. The number of pyridine rings is 1. The molecule has 6 nitrogen and oxygen atoms in total. The molecule has 15 heavy (non-hydrogen) atoms. The Bertz CT molecular complexity index is 543. The topological polar surface area (TPSA) is 84.9 Å². The second kappa shape index (κ2) is 3.59. The van der Waals surface area contributed by atoms with Gasteiger partial charge in [0.15, 0.2) is 5.65 Å². The first kappa shape index (κ1) is 10.1. The van der Waals surface area contributed by atoms with Gasteiger partial charge in [0.25, 0.3) is 10.1 Å². The number of aromatic nitrogens is 3. The molecule has 0 fully saturated rings. The standard InChI is InChI=1S/C8H9N3O3S/c1-15(12,13)14-5-7-10-6-3-2-4-9-8(6)11-7/h2-4H,5H2,1H3,(H,9,10,11). The molecule has 80 valence electrons. The Morgan fingerprint density at radius 2 is 2.33 bits per heavy atom. The quantitative estimate of drug-likeness (QED) is 0.769. The van der Waals surface area contributed by atoms with Gasteiger partial charge in [-0.1, -0.05) is 0 Å². The molecule has 0 aromatic carbocycles. The summed E-state index contributed by atoms with van der Waals surface area (Å²) in [5, 5.41) is 0. The minimum atomic E-state index is -3.44. The first-order chi connectivity index (χ1) is 7.04. The van der Waals surface area contributed by atoms with Crippen molar-refractivity contribution >= 4 is 21.3 Å². The van der Waals surface area contributed by atoms with Crippen molar-refractivity contribution in [3.63, 3.8) is 0 Å². The van der Waals surface area contributed by atoms with E-state index in [9.17, 15) is 8.42 Å². The summed E-state index contributed by atoms with van der Waals surface area (Å²) in [5.74, 6) is 0.439. The fraction of sp³-hybridized carbons (Fsp3) is 0.250. The second-order valence-electron chi connectivity index (χ2n) is 3.02. The summed E-state index contributed by atoms with van der Waals surface area (Å²) >= 11 is 0. The van der Waals surface area contributed by atoms with E-state index in [-0.39, 0.29) is 6.61 Å². The van der Waals surface area contributed by atoms with Crippen molar-refractivity contribution < 1.29 is 12.6 Å². The fourth-order valence-electron chi connectivity index (χ4n) is 1.12. The Morgan fingerprint density at radius 3 is 3.00 bits per heavy atom. The SMILES string of the molecule is CS(=O)(=O)OCc1nc2cccnc2[nH]1. The van der Waals surface area contributed by atoms with E-state index in [0.29, 0.717) is 17.0 Å². The Morgan fingerprint density at radius 1 is 1.53 bits per heavy atom. The number of imidazole rings is 1. The molecule has 2 rings (SSSR count). The zero-order valence-electron chi connectivity index (χ0n) is 7.97. The maximum atomic E-state index is 10.7. The summed E-state index contributed by atoms with van der Waals surface area (Å²) < 4.78 is 26.1. The van der Waals surface area contributed by atoms with Crippen molar-refractivity contribution in [1.82, 2.24) is 15.0 Å². The van der Waals surface area contributed by atoms with Crippen LogP contribution in [0.15, 0.2) is 18.3 Å². The van der Waals surface area contributed by atoms with Crippen LogP contribution in [0.2, 0.25) is 0 Å². The van der Waals surface area contributed by atoms with Crippen molar-refractivity contribution in [3.05, 3.63) is 24.2 Å². The van der Waals surface area contributed by atoms with Crippen molar-refractivity contribution in [3.8, 4) is 0 Å². The van der Waals surface area contributed by atoms with Gasteiger partial charge in [-0.25, -0.2) is 9.97 Å². The molecule has 0 aliphatic carbocycles. The molecule has 0 amide bonds. The van der Waals surface area contributed by atoms with Crippen LogP contribution in [0.4, 0.5) is 0 Å². The van der Waals surface area contributed by atoms with E-state index in [2.05, 4.69) is 19.1 Å².